The molecule has 25 heavy (non-hydrogen) atoms. The van der Waals surface area contributed by atoms with Crippen LogP contribution in [0.15, 0.2) is 53.8 Å². The lowest BCUT2D eigenvalue weighted by atomic mass is 10.2. The zero-order valence-electron chi connectivity index (χ0n) is 13.3. The zero-order chi connectivity index (χ0) is 17.2. The van der Waals surface area contributed by atoms with Crippen LogP contribution in [-0.4, -0.2) is 36.3 Å². The van der Waals surface area contributed by atoms with E-state index in [-0.39, 0.29) is 11.2 Å². The highest BCUT2D eigenvalue weighted by Crippen LogP contribution is 2.25. The van der Waals surface area contributed by atoms with Crippen molar-refractivity contribution in [2.75, 3.05) is 5.32 Å². The average molecular weight is 350 g/mol. The van der Waals surface area contributed by atoms with E-state index in [4.69, 9.17) is 0 Å². The second-order valence-corrected chi connectivity index (χ2v) is 6.73. The summed E-state index contributed by atoms with van der Waals surface area (Å²) in [7, 11) is 0. The summed E-state index contributed by atoms with van der Waals surface area (Å²) in [4.78, 5) is 24.1. The summed E-state index contributed by atoms with van der Waals surface area (Å²) in [5.74, 6) is 0.356. The average Bonchev–Trinajstić information content (AvgIpc) is 3.00. The fourth-order valence-electron chi connectivity index (χ4n) is 2.43. The number of anilines is 1. The number of rotatable bonds is 4. The van der Waals surface area contributed by atoms with Gasteiger partial charge in [0.15, 0.2) is 5.65 Å². The third-order valence-corrected chi connectivity index (χ3v) is 4.62. The van der Waals surface area contributed by atoms with Crippen LogP contribution in [0.1, 0.15) is 6.92 Å². The fraction of sp³-hybridized carbons (Fsp3) is 0.118. The van der Waals surface area contributed by atoms with Crippen molar-refractivity contribution in [3.63, 3.8) is 0 Å². The van der Waals surface area contributed by atoms with Crippen molar-refractivity contribution in [1.29, 1.82) is 0 Å². The number of aromatic amines is 1. The minimum absolute atomic E-state index is 0.163. The summed E-state index contributed by atoms with van der Waals surface area (Å²) >= 11 is 1.25. The molecule has 3 heterocycles. The Morgan fingerprint density at radius 1 is 1.16 bits per heavy atom. The number of carbonyl (C=O) groups is 1. The minimum Gasteiger partial charge on any atom is -0.338 e. The molecular formula is C17H14N6OS. The molecule has 124 valence electrons. The van der Waals surface area contributed by atoms with E-state index in [0.29, 0.717) is 16.6 Å². The van der Waals surface area contributed by atoms with Crippen LogP contribution >= 0.6 is 11.8 Å². The Labute approximate surface area is 147 Å². The molecule has 3 aromatic heterocycles. The number of hydrogen-bond acceptors (Lipinski definition) is 6. The number of H-pyrrole nitrogens is 1. The van der Waals surface area contributed by atoms with Crippen LogP contribution in [0.2, 0.25) is 0 Å². The summed E-state index contributed by atoms with van der Waals surface area (Å²) in [6.07, 6.45) is 1.63. The Balaban J connectivity index is 1.53. The summed E-state index contributed by atoms with van der Waals surface area (Å²) < 4.78 is 0. The minimum atomic E-state index is -0.384. The standard InChI is InChI=1S/C17H14N6OS/c1-10(16(24)20-13-8-4-5-9-18-13)25-17-21-15-14(22-23-17)11-6-2-3-7-12(11)19-15/h2-10H,1H3,(H,18,20,24)(H,19,21,23). The maximum atomic E-state index is 12.3. The number of benzene rings is 1. The highest BCUT2D eigenvalue weighted by molar-refractivity contribution is 8.00. The lowest BCUT2D eigenvalue weighted by molar-refractivity contribution is -0.115. The molecule has 0 aliphatic heterocycles. The lowest BCUT2D eigenvalue weighted by Gasteiger charge is -2.09. The monoisotopic (exact) mass is 350 g/mol. The van der Waals surface area contributed by atoms with Gasteiger partial charge >= 0.3 is 0 Å². The van der Waals surface area contributed by atoms with Crippen LogP contribution in [0.5, 0.6) is 0 Å². The molecule has 8 heteroatoms. The van der Waals surface area contributed by atoms with Crippen LogP contribution in [0.3, 0.4) is 0 Å². The number of nitrogens with zero attached hydrogens (tertiary/aromatic N) is 4. The van der Waals surface area contributed by atoms with Gasteiger partial charge in [-0.25, -0.2) is 9.97 Å². The molecular weight excluding hydrogens is 336 g/mol. The number of pyridine rings is 1. The molecule has 0 bridgehead atoms. The molecule has 0 aliphatic carbocycles. The van der Waals surface area contributed by atoms with Crippen LogP contribution in [0.4, 0.5) is 5.82 Å². The Morgan fingerprint density at radius 3 is 2.84 bits per heavy atom. The van der Waals surface area contributed by atoms with E-state index in [1.165, 1.54) is 11.8 Å². The number of aromatic nitrogens is 5. The van der Waals surface area contributed by atoms with E-state index in [1.54, 1.807) is 25.3 Å². The lowest BCUT2D eigenvalue weighted by Crippen LogP contribution is -2.23. The second-order valence-electron chi connectivity index (χ2n) is 5.43. The van der Waals surface area contributed by atoms with Gasteiger partial charge in [-0.1, -0.05) is 36.0 Å². The molecule has 4 rings (SSSR count). The number of thioether (sulfide) groups is 1. The second kappa shape index (κ2) is 6.48. The molecule has 0 saturated heterocycles. The van der Waals surface area contributed by atoms with E-state index in [1.807, 2.05) is 30.3 Å². The number of amides is 1. The maximum Gasteiger partial charge on any atom is 0.238 e. The van der Waals surface area contributed by atoms with E-state index in [0.717, 1.165) is 16.4 Å². The molecule has 0 radical (unpaired) electrons. The predicted octanol–water partition coefficient (Wildman–Crippen LogP) is 3.02. The van der Waals surface area contributed by atoms with Crippen LogP contribution in [-0.2, 0) is 4.79 Å². The number of hydrogen-bond donors (Lipinski definition) is 2. The first-order valence-corrected chi connectivity index (χ1v) is 8.58. The highest BCUT2D eigenvalue weighted by Gasteiger charge is 2.18. The van der Waals surface area contributed by atoms with Gasteiger partial charge < -0.3 is 10.3 Å². The van der Waals surface area contributed by atoms with Crippen molar-refractivity contribution in [2.24, 2.45) is 0 Å². The molecule has 0 spiro atoms. The van der Waals surface area contributed by atoms with Gasteiger partial charge in [-0.15, -0.1) is 10.2 Å². The van der Waals surface area contributed by atoms with Crippen LogP contribution in [0.25, 0.3) is 22.1 Å². The Kier molecular flexibility index (Phi) is 4.02. The topological polar surface area (TPSA) is 96.5 Å². The third kappa shape index (κ3) is 3.16. The number of para-hydroxylation sites is 1. The molecule has 7 nitrogen and oxygen atoms in total. The van der Waals surface area contributed by atoms with Crippen molar-refractivity contribution >= 4 is 45.6 Å². The van der Waals surface area contributed by atoms with E-state index in [9.17, 15) is 4.79 Å². The van der Waals surface area contributed by atoms with Gasteiger partial charge in [0.25, 0.3) is 0 Å². The van der Waals surface area contributed by atoms with Crippen LogP contribution < -0.4 is 5.32 Å². The van der Waals surface area contributed by atoms with Crippen molar-refractivity contribution in [2.45, 2.75) is 17.3 Å². The summed E-state index contributed by atoms with van der Waals surface area (Å²) in [5.41, 5.74) is 2.35. The smallest absolute Gasteiger partial charge is 0.238 e. The predicted molar refractivity (Wildman–Crippen MR) is 97.4 cm³/mol. The molecule has 0 fully saturated rings. The normalized spacial score (nSPS) is 12.4. The molecule has 1 amide bonds. The first kappa shape index (κ1) is 15.5. The largest absolute Gasteiger partial charge is 0.338 e. The van der Waals surface area contributed by atoms with Crippen molar-refractivity contribution in [1.82, 2.24) is 25.1 Å². The van der Waals surface area contributed by atoms with Crippen molar-refractivity contribution in [3.05, 3.63) is 48.7 Å². The van der Waals surface area contributed by atoms with Gasteiger partial charge in [0, 0.05) is 17.1 Å². The van der Waals surface area contributed by atoms with Crippen LogP contribution in [0, 0.1) is 0 Å². The molecule has 0 saturated carbocycles. The van der Waals surface area contributed by atoms with Crippen molar-refractivity contribution < 1.29 is 4.79 Å². The molecule has 0 aliphatic rings. The van der Waals surface area contributed by atoms with E-state index >= 15 is 0 Å². The third-order valence-electron chi connectivity index (χ3n) is 3.67. The zero-order valence-corrected chi connectivity index (χ0v) is 14.1. The summed E-state index contributed by atoms with van der Waals surface area (Å²) in [6.45, 7) is 1.79. The van der Waals surface area contributed by atoms with Gasteiger partial charge in [0.2, 0.25) is 11.1 Å². The van der Waals surface area contributed by atoms with Gasteiger partial charge in [-0.05, 0) is 25.1 Å². The van der Waals surface area contributed by atoms with E-state index in [2.05, 4.69) is 30.5 Å². The van der Waals surface area contributed by atoms with Gasteiger partial charge in [-0.3, -0.25) is 4.79 Å². The number of nitrogens with one attached hydrogen (secondary N) is 2. The number of carbonyl (C=O) groups excluding carboxylic acids is 1. The first-order valence-electron chi connectivity index (χ1n) is 7.70. The molecule has 1 atom stereocenters. The Morgan fingerprint density at radius 2 is 2.00 bits per heavy atom. The Bertz CT molecular complexity index is 1050. The molecule has 1 aromatic carbocycles. The fourth-order valence-corrected chi connectivity index (χ4v) is 3.15. The molecule has 2 N–H and O–H groups in total. The molecule has 4 aromatic rings. The van der Waals surface area contributed by atoms with Crippen molar-refractivity contribution in [3.8, 4) is 0 Å². The van der Waals surface area contributed by atoms with Gasteiger partial charge in [0.05, 0.1) is 5.25 Å². The van der Waals surface area contributed by atoms with E-state index < -0.39 is 0 Å². The maximum absolute atomic E-state index is 12.3. The Hall–Kier alpha value is -3.00. The SMILES string of the molecule is CC(Sc1nnc2c(n1)[nH]c1ccccc12)C(=O)Nc1ccccn1. The highest BCUT2D eigenvalue weighted by atomic mass is 32.2. The first-order chi connectivity index (χ1) is 12.2. The number of fused-ring (bicyclic) bond motifs is 3. The summed E-state index contributed by atoms with van der Waals surface area (Å²) in [6, 6.07) is 13.2. The van der Waals surface area contributed by atoms with Gasteiger partial charge in [-0.2, -0.15) is 0 Å². The quantitative estimate of drug-likeness (QED) is 0.549. The summed E-state index contributed by atoms with van der Waals surface area (Å²) in [5, 5.41) is 12.2. The molecule has 1 unspecified atom stereocenters. The van der Waals surface area contributed by atoms with Gasteiger partial charge in [0.1, 0.15) is 11.3 Å².